The Morgan fingerprint density at radius 2 is 1.66 bits per heavy atom. The van der Waals surface area contributed by atoms with Crippen LogP contribution in [0.15, 0.2) is 54.2 Å². The number of hydrogen-bond donors (Lipinski definition) is 0. The van der Waals surface area contributed by atoms with Crippen molar-refractivity contribution in [2.75, 3.05) is 7.11 Å². The van der Waals surface area contributed by atoms with Gasteiger partial charge < -0.3 is 14.2 Å². The number of rotatable bonds is 9. The van der Waals surface area contributed by atoms with Crippen molar-refractivity contribution in [3.05, 3.63) is 65.4 Å². The molecule has 32 heavy (non-hydrogen) atoms. The summed E-state index contributed by atoms with van der Waals surface area (Å²) >= 11 is 0. The number of hydrogen-bond acceptors (Lipinski definition) is 6. The molecule has 6 heteroatoms. The summed E-state index contributed by atoms with van der Waals surface area (Å²) in [5.41, 5.74) is 2.56. The van der Waals surface area contributed by atoms with Gasteiger partial charge in [0.15, 0.2) is 11.6 Å². The minimum Gasteiger partial charge on any atom is -0.497 e. The highest BCUT2D eigenvalue weighted by Gasteiger charge is 2.14. The molecule has 3 rings (SSSR count). The summed E-state index contributed by atoms with van der Waals surface area (Å²) in [7, 11) is 1.62. The van der Waals surface area contributed by atoms with E-state index in [2.05, 4.69) is 4.98 Å². The Morgan fingerprint density at radius 3 is 2.25 bits per heavy atom. The van der Waals surface area contributed by atoms with Crippen LogP contribution in [0.2, 0.25) is 0 Å². The highest BCUT2D eigenvalue weighted by Crippen LogP contribution is 2.33. The lowest BCUT2D eigenvalue weighted by atomic mass is 10.0. The van der Waals surface area contributed by atoms with Gasteiger partial charge in [-0.1, -0.05) is 12.1 Å². The standard InChI is InChI=1S/C26H27NO5/c1-16(2)32-26-20(14-27-25-11-10-22(30-5)13-24(25)26)15-31-21-8-6-19(7-9-21)12-23(17(3)28)18(4)29/h6-14,16H,15H2,1-5H3. The molecule has 0 radical (unpaired) electrons. The molecule has 1 aromatic heterocycles. The van der Waals surface area contributed by atoms with E-state index in [1.165, 1.54) is 13.8 Å². The molecule has 0 aliphatic rings. The van der Waals surface area contributed by atoms with Crippen molar-refractivity contribution in [3.63, 3.8) is 0 Å². The number of benzene rings is 2. The van der Waals surface area contributed by atoms with Crippen LogP contribution in [0, 0.1) is 0 Å². The average molecular weight is 434 g/mol. The molecular formula is C26H27NO5. The summed E-state index contributed by atoms with van der Waals surface area (Å²) in [4.78, 5) is 27.8. The number of methoxy groups -OCH3 is 1. The van der Waals surface area contributed by atoms with Crippen molar-refractivity contribution >= 4 is 28.5 Å². The average Bonchev–Trinajstić information content (AvgIpc) is 2.76. The maximum Gasteiger partial charge on any atom is 0.163 e. The van der Waals surface area contributed by atoms with Crippen molar-refractivity contribution in [1.29, 1.82) is 0 Å². The van der Waals surface area contributed by atoms with Crippen LogP contribution in [-0.4, -0.2) is 29.8 Å². The van der Waals surface area contributed by atoms with E-state index in [1.54, 1.807) is 43.6 Å². The molecular weight excluding hydrogens is 406 g/mol. The van der Waals surface area contributed by atoms with Gasteiger partial charge in [-0.25, -0.2) is 0 Å². The summed E-state index contributed by atoms with van der Waals surface area (Å²) in [5.74, 6) is 1.59. The number of ketones is 2. The largest absolute Gasteiger partial charge is 0.497 e. The zero-order valence-corrected chi connectivity index (χ0v) is 19.0. The van der Waals surface area contributed by atoms with Crippen molar-refractivity contribution in [1.82, 2.24) is 4.98 Å². The van der Waals surface area contributed by atoms with Crippen molar-refractivity contribution < 1.29 is 23.8 Å². The van der Waals surface area contributed by atoms with E-state index in [-0.39, 0.29) is 29.9 Å². The van der Waals surface area contributed by atoms with Gasteiger partial charge >= 0.3 is 0 Å². The molecule has 2 aromatic carbocycles. The van der Waals surface area contributed by atoms with E-state index in [9.17, 15) is 9.59 Å². The van der Waals surface area contributed by atoms with Crippen LogP contribution in [0.1, 0.15) is 38.8 Å². The summed E-state index contributed by atoms with van der Waals surface area (Å²) in [5, 5.41) is 0.862. The first-order valence-electron chi connectivity index (χ1n) is 10.4. The predicted molar refractivity (Wildman–Crippen MR) is 124 cm³/mol. The third-order valence-electron chi connectivity index (χ3n) is 4.80. The Labute approximate surface area is 187 Å². The van der Waals surface area contributed by atoms with Gasteiger partial charge in [0.05, 0.1) is 29.9 Å². The Bertz CT molecular complexity index is 1150. The van der Waals surface area contributed by atoms with E-state index < -0.39 is 0 Å². The summed E-state index contributed by atoms with van der Waals surface area (Å²) in [6.45, 7) is 6.98. The van der Waals surface area contributed by atoms with Crippen LogP contribution in [0.4, 0.5) is 0 Å². The Kier molecular flexibility index (Phi) is 7.25. The molecule has 166 valence electrons. The minimum atomic E-state index is -0.254. The van der Waals surface area contributed by atoms with Crippen LogP contribution in [0.25, 0.3) is 17.0 Å². The van der Waals surface area contributed by atoms with Gasteiger partial charge in [-0.05, 0) is 69.7 Å². The maximum atomic E-state index is 11.6. The van der Waals surface area contributed by atoms with Crippen LogP contribution < -0.4 is 14.2 Å². The molecule has 0 amide bonds. The lowest BCUT2D eigenvalue weighted by Gasteiger charge is -2.17. The third kappa shape index (κ3) is 5.52. The second-order valence-electron chi connectivity index (χ2n) is 7.69. The van der Waals surface area contributed by atoms with Crippen molar-refractivity contribution in [3.8, 4) is 17.2 Å². The lowest BCUT2D eigenvalue weighted by Crippen LogP contribution is -2.10. The van der Waals surface area contributed by atoms with Crippen LogP contribution in [0.3, 0.4) is 0 Å². The molecule has 0 N–H and O–H groups in total. The highest BCUT2D eigenvalue weighted by atomic mass is 16.5. The normalized spacial score (nSPS) is 10.7. The number of aromatic nitrogens is 1. The number of allylic oxidation sites excluding steroid dienone is 1. The second-order valence-corrected chi connectivity index (χ2v) is 7.69. The molecule has 0 aliphatic heterocycles. The Balaban J connectivity index is 1.84. The molecule has 0 aliphatic carbocycles. The molecule has 0 fully saturated rings. The SMILES string of the molecule is COc1ccc2ncc(COc3ccc(C=C(C(C)=O)C(C)=O)cc3)c(OC(C)C)c2c1. The number of carbonyl (C=O) groups excluding carboxylic acids is 2. The monoisotopic (exact) mass is 433 g/mol. The summed E-state index contributed by atoms with van der Waals surface area (Å²) in [6, 6.07) is 12.9. The summed E-state index contributed by atoms with van der Waals surface area (Å²) < 4.78 is 17.4. The first kappa shape index (κ1) is 23.0. The van der Waals surface area contributed by atoms with Gasteiger partial charge in [0.25, 0.3) is 0 Å². The quantitative estimate of drug-likeness (QED) is 0.263. The fraction of sp³-hybridized carbons (Fsp3) is 0.269. The topological polar surface area (TPSA) is 74.7 Å². The molecule has 0 unspecified atom stereocenters. The van der Waals surface area contributed by atoms with E-state index in [1.807, 2.05) is 32.0 Å². The Morgan fingerprint density at radius 1 is 1.00 bits per heavy atom. The molecule has 0 bridgehead atoms. The van der Waals surface area contributed by atoms with Crippen LogP contribution in [0.5, 0.6) is 17.2 Å². The first-order chi connectivity index (χ1) is 15.3. The van der Waals surface area contributed by atoms with E-state index >= 15 is 0 Å². The fourth-order valence-electron chi connectivity index (χ4n) is 3.23. The van der Waals surface area contributed by atoms with Gasteiger partial charge in [-0.3, -0.25) is 14.6 Å². The molecule has 0 atom stereocenters. The molecule has 1 heterocycles. The maximum absolute atomic E-state index is 11.6. The lowest BCUT2D eigenvalue weighted by molar-refractivity contribution is -0.119. The fourth-order valence-corrected chi connectivity index (χ4v) is 3.23. The third-order valence-corrected chi connectivity index (χ3v) is 4.80. The van der Waals surface area contributed by atoms with E-state index in [0.29, 0.717) is 5.75 Å². The number of Topliss-reactive ketones (excluding diaryl/α,β-unsaturated/α-hetero) is 2. The second kappa shape index (κ2) is 10.1. The van der Waals surface area contributed by atoms with Crippen LogP contribution >= 0.6 is 0 Å². The van der Waals surface area contributed by atoms with E-state index in [0.717, 1.165) is 33.5 Å². The molecule has 6 nitrogen and oxygen atoms in total. The molecule has 0 saturated heterocycles. The van der Waals surface area contributed by atoms with Crippen molar-refractivity contribution in [2.24, 2.45) is 0 Å². The number of ether oxygens (including phenoxy) is 3. The minimum absolute atomic E-state index is 0.0200. The number of carbonyl (C=O) groups is 2. The molecule has 0 spiro atoms. The van der Waals surface area contributed by atoms with Gasteiger partial charge in [0.2, 0.25) is 0 Å². The van der Waals surface area contributed by atoms with Gasteiger partial charge in [-0.15, -0.1) is 0 Å². The summed E-state index contributed by atoms with van der Waals surface area (Å²) in [6.07, 6.45) is 3.33. The highest BCUT2D eigenvalue weighted by molar-refractivity contribution is 6.21. The number of nitrogens with zero attached hydrogens (tertiary/aromatic N) is 1. The van der Waals surface area contributed by atoms with Gasteiger partial charge in [0.1, 0.15) is 23.9 Å². The molecule has 3 aromatic rings. The van der Waals surface area contributed by atoms with Crippen molar-refractivity contribution in [2.45, 2.75) is 40.4 Å². The number of pyridine rings is 1. The first-order valence-corrected chi connectivity index (χ1v) is 10.4. The molecule has 0 saturated carbocycles. The zero-order valence-electron chi connectivity index (χ0n) is 19.0. The van der Waals surface area contributed by atoms with Gasteiger partial charge in [-0.2, -0.15) is 0 Å². The van der Waals surface area contributed by atoms with Crippen LogP contribution in [-0.2, 0) is 16.2 Å². The Hall–Kier alpha value is -3.67. The zero-order chi connectivity index (χ0) is 23.3. The van der Waals surface area contributed by atoms with Gasteiger partial charge in [0, 0.05) is 11.6 Å². The number of fused-ring (bicyclic) bond motifs is 1. The smallest absolute Gasteiger partial charge is 0.163 e. The predicted octanol–water partition coefficient (Wildman–Crippen LogP) is 5.17. The van der Waals surface area contributed by atoms with E-state index in [4.69, 9.17) is 14.2 Å².